The van der Waals surface area contributed by atoms with E-state index in [0.717, 1.165) is 5.75 Å². The van der Waals surface area contributed by atoms with Crippen LogP contribution in [0.25, 0.3) is 0 Å². The fourth-order valence-corrected chi connectivity index (χ4v) is 0.582. The quantitative estimate of drug-likeness (QED) is 0.590. The van der Waals surface area contributed by atoms with Crippen molar-refractivity contribution in [2.75, 3.05) is 7.11 Å². The molecule has 0 spiro atoms. The molecule has 2 nitrogen and oxygen atoms in total. The Morgan fingerprint density at radius 2 is 1.70 bits per heavy atom. The molecule has 52 valence electrons. The summed E-state index contributed by atoms with van der Waals surface area (Å²) in [5, 5.41) is 8.80. The van der Waals surface area contributed by atoms with Crippen molar-refractivity contribution < 1.29 is 9.84 Å². The van der Waals surface area contributed by atoms with Crippen LogP contribution in [0, 0.1) is 0 Å². The first-order valence-corrected chi connectivity index (χ1v) is 2.66. The highest BCUT2D eigenvalue weighted by Crippen LogP contribution is 2.14. The highest BCUT2D eigenvalue weighted by molar-refractivity contribution is 5.75. The normalized spacial score (nSPS) is 8.10. The van der Waals surface area contributed by atoms with Crippen molar-refractivity contribution in [2.45, 2.75) is 0 Å². The SMILES string of the molecule is COc1ccc(O)cc1.[MgH2]. The van der Waals surface area contributed by atoms with Gasteiger partial charge < -0.3 is 9.84 Å². The maximum atomic E-state index is 8.80. The fraction of sp³-hybridized carbons (Fsp3) is 0.143. The smallest absolute Gasteiger partial charge is 0.316 e. The molecule has 1 N–H and O–H groups in total. The molecule has 0 saturated heterocycles. The van der Waals surface area contributed by atoms with Crippen LogP contribution < -0.4 is 4.74 Å². The molecule has 10 heavy (non-hydrogen) atoms. The van der Waals surface area contributed by atoms with E-state index in [2.05, 4.69) is 0 Å². The van der Waals surface area contributed by atoms with Crippen molar-refractivity contribution in [1.29, 1.82) is 0 Å². The van der Waals surface area contributed by atoms with E-state index < -0.39 is 0 Å². The van der Waals surface area contributed by atoms with Crippen LogP contribution in [-0.4, -0.2) is 35.3 Å². The molecule has 1 rings (SSSR count). The minimum Gasteiger partial charge on any atom is -0.508 e. The van der Waals surface area contributed by atoms with Crippen molar-refractivity contribution in [3.05, 3.63) is 24.3 Å². The van der Waals surface area contributed by atoms with Gasteiger partial charge in [0, 0.05) is 0 Å². The molecule has 0 radical (unpaired) electrons. The lowest BCUT2D eigenvalue weighted by atomic mass is 10.3. The minimum absolute atomic E-state index is 0. The summed E-state index contributed by atoms with van der Waals surface area (Å²) in [7, 11) is 1.59. The molecule has 0 unspecified atom stereocenters. The predicted octanol–water partition coefficient (Wildman–Crippen LogP) is 0.485. The first kappa shape index (κ1) is 9.59. The Labute approximate surface area is 76.0 Å². The number of hydrogen-bond donors (Lipinski definition) is 1. The van der Waals surface area contributed by atoms with Crippen LogP contribution in [0.2, 0.25) is 0 Å². The first-order valence-electron chi connectivity index (χ1n) is 2.66. The monoisotopic (exact) mass is 150 g/mol. The lowest BCUT2D eigenvalue weighted by Crippen LogP contribution is -1.79. The Kier molecular flexibility index (Phi) is 4.23. The van der Waals surface area contributed by atoms with E-state index in [1.165, 1.54) is 0 Å². The van der Waals surface area contributed by atoms with E-state index in [0.29, 0.717) is 0 Å². The van der Waals surface area contributed by atoms with E-state index in [-0.39, 0.29) is 28.8 Å². The number of phenolic OH excluding ortho intramolecular Hbond substituents is 1. The topological polar surface area (TPSA) is 29.5 Å². The Morgan fingerprint density at radius 1 is 1.20 bits per heavy atom. The summed E-state index contributed by atoms with van der Waals surface area (Å²) in [6, 6.07) is 6.57. The average Bonchev–Trinajstić information content (AvgIpc) is 1.90. The number of benzene rings is 1. The molecule has 0 amide bonds. The highest BCUT2D eigenvalue weighted by atomic mass is 24.3. The molecule has 3 heteroatoms. The predicted molar refractivity (Wildman–Crippen MR) is 43.2 cm³/mol. The number of hydrogen-bond acceptors (Lipinski definition) is 2. The molecule has 0 aromatic heterocycles. The van der Waals surface area contributed by atoms with Crippen LogP contribution in [0.1, 0.15) is 0 Å². The molecule has 1 aromatic rings. The molecule has 0 atom stereocenters. The second-order valence-corrected chi connectivity index (χ2v) is 1.70. The van der Waals surface area contributed by atoms with Crippen molar-refractivity contribution >= 4 is 23.1 Å². The van der Waals surface area contributed by atoms with Crippen molar-refractivity contribution in [3.8, 4) is 11.5 Å². The highest BCUT2D eigenvalue weighted by Gasteiger charge is 1.87. The standard InChI is InChI=1S/C7H8O2.Mg.2H/c1-9-7-4-2-6(8)3-5-7;;;/h2-5,8H,1H3;;;. The van der Waals surface area contributed by atoms with Gasteiger partial charge in [-0.1, -0.05) is 0 Å². The van der Waals surface area contributed by atoms with Crippen LogP contribution >= 0.6 is 0 Å². The van der Waals surface area contributed by atoms with Gasteiger partial charge >= 0.3 is 23.1 Å². The third-order valence-corrected chi connectivity index (χ3v) is 1.07. The summed E-state index contributed by atoms with van der Waals surface area (Å²) < 4.78 is 4.86. The van der Waals surface area contributed by atoms with Gasteiger partial charge in [0.1, 0.15) is 11.5 Å². The summed E-state index contributed by atoms with van der Waals surface area (Å²) in [4.78, 5) is 0. The zero-order valence-electron chi connectivity index (χ0n) is 5.16. The third-order valence-electron chi connectivity index (χ3n) is 1.07. The zero-order valence-corrected chi connectivity index (χ0v) is 5.16. The van der Waals surface area contributed by atoms with E-state index in [4.69, 9.17) is 9.84 Å². The fourth-order valence-electron chi connectivity index (χ4n) is 0.582. The number of phenols is 1. The number of methoxy groups -OCH3 is 1. The van der Waals surface area contributed by atoms with Gasteiger partial charge in [-0.2, -0.15) is 0 Å². The lowest BCUT2D eigenvalue weighted by Gasteiger charge is -1.96. The van der Waals surface area contributed by atoms with E-state index >= 15 is 0 Å². The Morgan fingerprint density at radius 3 is 2.10 bits per heavy atom. The van der Waals surface area contributed by atoms with Crippen LogP contribution in [0.4, 0.5) is 0 Å². The van der Waals surface area contributed by atoms with Gasteiger partial charge in [0.25, 0.3) is 0 Å². The third kappa shape index (κ3) is 2.45. The van der Waals surface area contributed by atoms with Crippen molar-refractivity contribution in [2.24, 2.45) is 0 Å². The average molecular weight is 150 g/mol. The largest absolute Gasteiger partial charge is 0.508 e. The molecular weight excluding hydrogens is 140 g/mol. The van der Waals surface area contributed by atoms with Gasteiger partial charge in [-0.3, -0.25) is 0 Å². The maximum absolute atomic E-state index is 8.80. The van der Waals surface area contributed by atoms with Crippen LogP contribution in [0.15, 0.2) is 24.3 Å². The van der Waals surface area contributed by atoms with E-state index in [9.17, 15) is 0 Å². The molecule has 0 aliphatic carbocycles. The second kappa shape index (κ2) is 4.41. The summed E-state index contributed by atoms with van der Waals surface area (Å²) in [5.74, 6) is 1.02. The minimum atomic E-state index is 0. The van der Waals surface area contributed by atoms with E-state index in [1.807, 2.05) is 0 Å². The molecule has 0 saturated carbocycles. The van der Waals surface area contributed by atoms with Gasteiger partial charge in [0.05, 0.1) is 7.11 Å². The summed E-state index contributed by atoms with van der Waals surface area (Å²) in [6.07, 6.45) is 0. The van der Waals surface area contributed by atoms with Gasteiger partial charge in [-0.05, 0) is 24.3 Å². The lowest BCUT2D eigenvalue weighted by molar-refractivity contribution is 0.412. The number of rotatable bonds is 1. The van der Waals surface area contributed by atoms with Crippen molar-refractivity contribution in [1.82, 2.24) is 0 Å². The van der Waals surface area contributed by atoms with Gasteiger partial charge in [-0.15, -0.1) is 0 Å². The number of ether oxygens (including phenoxy) is 1. The van der Waals surface area contributed by atoms with Gasteiger partial charge in [0.15, 0.2) is 0 Å². The van der Waals surface area contributed by atoms with Gasteiger partial charge in [-0.25, -0.2) is 0 Å². The first-order chi connectivity index (χ1) is 4.33. The van der Waals surface area contributed by atoms with Crippen LogP contribution in [0.3, 0.4) is 0 Å². The molecular formula is C7H10MgO2. The van der Waals surface area contributed by atoms with Crippen LogP contribution in [0.5, 0.6) is 11.5 Å². The van der Waals surface area contributed by atoms with Crippen molar-refractivity contribution in [3.63, 3.8) is 0 Å². The molecule has 1 aromatic carbocycles. The molecule has 0 bridgehead atoms. The molecule has 0 heterocycles. The van der Waals surface area contributed by atoms with Gasteiger partial charge in [0.2, 0.25) is 0 Å². The summed E-state index contributed by atoms with van der Waals surface area (Å²) in [5.41, 5.74) is 0. The van der Waals surface area contributed by atoms with Crippen LogP contribution in [-0.2, 0) is 0 Å². The summed E-state index contributed by atoms with van der Waals surface area (Å²) >= 11 is 0. The Hall–Kier alpha value is -0.414. The van der Waals surface area contributed by atoms with E-state index in [1.54, 1.807) is 31.4 Å². The maximum Gasteiger partial charge on any atom is 0.316 e. The molecule has 0 fully saturated rings. The Balaban J connectivity index is 0.000000810. The Bertz CT molecular complexity index is 183. The summed E-state index contributed by atoms with van der Waals surface area (Å²) in [6.45, 7) is 0. The number of aromatic hydroxyl groups is 1. The molecule has 0 aliphatic heterocycles. The molecule has 0 aliphatic rings. The second-order valence-electron chi connectivity index (χ2n) is 1.70. The zero-order chi connectivity index (χ0) is 6.69.